The summed E-state index contributed by atoms with van der Waals surface area (Å²) in [6.45, 7) is 3.31. The van der Waals surface area contributed by atoms with Crippen molar-refractivity contribution in [1.29, 1.82) is 5.26 Å². The van der Waals surface area contributed by atoms with E-state index < -0.39 is 0 Å². The first-order valence-corrected chi connectivity index (χ1v) is 12.5. The van der Waals surface area contributed by atoms with Crippen molar-refractivity contribution >= 4 is 28.1 Å². The van der Waals surface area contributed by atoms with Crippen molar-refractivity contribution in [2.24, 2.45) is 5.92 Å². The van der Waals surface area contributed by atoms with Gasteiger partial charge in [-0.25, -0.2) is 9.97 Å². The van der Waals surface area contributed by atoms with Gasteiger partial charge in [0.05, 0.1) is 16.8 Å². The summed E-state index contributed by atoms with van der Waals surface area (Å²) in [4.78, 5) is 28.5. The molecule has 7 nitrogen and oxygen atoms in total. The van der Waals surface area contributed by atoms with Crippen molar-refractivity contribution in [2.45, 2.75) is 32.2 Å². The van der Waals surface area contributed by atoms with Gasteiger partial charge in [0.1, 0.15) is 6.07 Å². The minimum absolute atomic E-state index is 0.0859. The second-order valence-electron chi connectivity index (χ2n) is 9.63. The quantitative estimate of drug-likeness (QED) is 0.354. The van der Waals surface area contributed by atoms with Gasteiger partial charge >= 0.3 is 0 Å². The fourth-order valence-electron chi connectivity index (χ4n) is 4.83. The van der Waals surface area contributed by atoms with Crippen LogP contribution < -0.4 is 5.32 Å². The van der Waals surface area contributed by atoms with Crippen molar-refractivity contribution in [1.82, 2.24) is 19.9 Å². The van der Waals surface area contributed by atoms with Gasteiger partial charge in [0.2, 0.25) is 5.82 Å². The van der Waals surface area contributed by atoms with E-state index in [4.69, 9.17) is 5.26 Å². The van der Waals surface area contributed by atoms with Crippen LogP contribution in [0.3, 0.4) is 0 Å². The molecule has 2 aromatic carbocycles. The molecule has 0 spiro atoms. The number of nitriles is 1. The maximum Gasteiger partial charge on any atom is 0.232 e. The summed E-state index contributed by atoms with van der Waals surface area (Å²) >= 11 is 0. The zero-order valence-electron chi connectivity index (χ0n) is 19.9. The molecular formula is C29H26N6O. The minimum atomic E-state index is 0.0859. The van der Waals surface area contributed by atoms with Crippen LogP contribution in [0.4, 0.5) is 11.4 Å². The average Bonchev–Trinajstić information content (AvgIpc) is 3.65. The maximum atomic E-state index is 13.2. The molecule has 1 saturated carbocycles. The largest absolute Gasteiger partial charge is 0.354 e. The fraction of sp³-hybridized carbons (Fsp3) is 0.276. The first-order chi connectivity index (χ1) is 17.7. The van der Waals surface area contributed by atoms with Crippen LogP contribution in [0.5, 0.6) is 0 Å². The molecule has 6 rings (SSSR count). The number of aromatic nitrogens is 3. The maximum absolute atomic E-state index is 13.2. The summed E-state index contributed by atoms with van der Waals surface area (Å²) in [5, 5.41) is 13.4. The van der Waals surface area contributed by atoms with Crippen molar-refractivity contribution in [3.8, 4) is 17.2 Å². The van der Waals surface area contributed by atoms with Gasteiger partial charge in [-0.15, -0.1) is 0 Å². The second-order valence-corrected chi connectivity index (χ2v) is 9.63. The third-order valence-corrected chi connectivity index (χ3v) is 6.99. The number of pyridine rings is 1. The summed E-state index contributed by atoms with van der Waals surface area (Å²) in [6.07, 6.45) is 9.43. The SMILES string of the molecule is N#Cc1ncc(-c2ccc3ncc(C(=O)C4CC4)c(Nc4ccc(CN5CCCC5)cc4)c3c2)cn1. The number of nitrogens with zero attached hydrogens (tertiary/aromatic N) is 5. The van der Waals surface area contributed by atoms with E-state index in [2.05, 4.69) is 49.4 Å². The van der Waals surface area contributed by atoms with Gasteiger partial charge < -0.3 is 5.32 Å². The van der Waals surface area contributed by atoms with Crippen LogP contribution in [0, 0.1) is 17.2 Å². The zero-order valence-corrected chi connectivity index (χ0v) is 19.9. The molecule has 0 unspecified atom stereocenters. The minimum Gasteiger partial charge on any atom is -0.354 e. The van der Waals surface area contributed by atoms with Crippen molar-refractivity contribution < 1.29 is 4.79 Å². The Morgan fingerprint density at radius 3 is 2.42 bits per heavy atom. The summed E-state index contributed by atoms with van der Waals surface area (Å²) in [7, 11) is 0. The number of hydrogen-bond donors (Lipinski definition) is 1. The molecule has 1 aliphatic heterocycles. The summed E-state index contributed by atoms with van der Waals surface area (Å²) < 4.78 is 0. The van der Waals surface area contributed by atoms with Gasteiger partial charge in [0.15, 0.2) is 5.78 Å². The Kier molecular flexibility index (Phi) is 5.88. The first-order valence-electron chi connectivity index (χ1n) is 12.5. The van der Waals surface area contributed by atoms with Gasteiger partial charge in [-0.2, -0.15) is 5.26 Å². The monoisotopic (exact) mass is 474 g/mol. The Labute approximate surface area is 209 Å². The predicted octanol–water partition coefficient (Wildman–Crippen LogP) is 5.50. The Morgan fingerprint density at radius 1 is 0.972 bits per heavy atom. The zero-order chi connectivity index (χ0) is 24.5. The van der Waals surface area contributed by atoms with Crippen LogP contribution in [0.2, 0.25) is 0 Å². The third kappa shape index (κ3) is 4.56. The van der Waals surface area contributed by atoms with E-state index in [1.807, 2.05) is 24.3 Å². The van der Waals surface area contributed by atoms with Gasteiger partial charge in [-0.1, -0.05) is 18.2 Å². The Bertz CT molecular complexity index is 1460. The molecule has 0 amide bonds. The van der Waals surface area contributed by atoms with E-state index in [0.29, 0.717) is 5.56 Å². The lowest BCUT2D eigenvalue weighted by Gasteiger charge is -2.17. The second kappa shape index (κ2) is 9.48. The van der Waals surface area contributed by atoms with Crippen molar-refractivity contribution in [3.63, 3.8) is 0 Å². The highest BCUT2D eigenvalue weighted by molar-refractivity contribution is 6.11. The number of likely N-dealkylation sites (tertiary alicyclic amines) is 1. The molecule has 0 atom stereocenters. The Hall–Kier alpha value is -4.15. The molecule has 2 aliphatic rings. The number of hydrogen-bond acceptors (Lipinski definition) is 7. The van der Waals surface area contributed by atoms with E-state index in [1.165, 1.54) is 31.5 Å². The molecular weight excluding hydrogens is 448 g/mol. The van der Waals surface area contributed by atoms with E-state index in [9.17, 15) is 4.79 Å². The molecule has 7 heteroatoms. The number of rotatable bonds is 7. The fourth-order valence-corrected chi connectivity index (χ4v) is 4.83. The van der Waals surface area contributed by atoms with Crippen LogP contribution in [0.25, 0.3) is 22.0 Å². The van der Waals surface area contributed by atoms with Crippen molar-refractivity contribution in [3.05, 3.63) is 78.0 Å². The topological polar surface area (TPSA) is 94.8 Å². The lowest BCUT2D eigenvalue weighted by atomic mass is 10.00. The standard InChI is InChI=1S/C29H26N6O/c30-14-27-32-15-22(16-33-27)21-7-10-26-24(13-21)28(25(17-31-26)29(36)20-5-6-20)34-23-8-3-19(4-9-23)18-35-11-1-2-12-35/h3-4,7-10,13,15-17,20H,1-2,5-6,11-12,18H2,(H,31,34). The number of nitrogens with one attached hydrogen (secondary N) is 1. The van der Waals surface area contributed by atoms with Crippen LogP contribution in [-0.4, -0.2) is 38.7 Å². The highest BCUT2D eigenvalue weighted by atomic mass is 16.1. The smallest absolute Gasteiger partial charge is 0.232 e. The Morgan fingerprint density at radius 2 is 1.72 bits per heavy atom. The van der Waals surface area contributed by atoms with Crippen LogP contribution >= 0.6 is 0 Å². The highest BCUT2D eigenvalue weighted by Crippen LogP contribution is 2.38. The van der Waals surface area contributed by atoms with E-state index in [-0.39, 0.29) is 17.5 Å². The lowest BCUT2D eigenvalue weighted by molar-refractivity contribution is 0.0968. The molecule has 178 valence electrons. The molecule has 3 heterocycles. The number of carbonyl (C=O) groups is 1. The molecule has 0 radical (unpaired) electrons. The number of anilines is 2. The van der Waals surface area contributed by atoms with Gasteiger partial charge in [0.25, 0.3) is 0 Å². The van der Waals surface area contributed by atoms with Crippen LogP contribution in [-0.2, 0) is 6.54 Å². The molecule has 1 aliphatic carbocycles. The van der Waals surface area contributed by atoms with E-state index in [0.717, 1.165) is 52.8 Å². The van der Waals surface area contributed by atoms with E-state index >= 15 is 0 Å². The third-order valence-electron chi connectivity index (χ3n) is 6.99. The van der Waals surface area contributed by atoms with Crippen molar-refractivity contribution in [2.75, 3.05) is 18.4 Å². The molecule has 36 heavy (non-hydrogen) atoms. The summed E-state index contributed by atoms with van der Waals surface area (Å²) in [6, 6.07) is 16.4. The van der Waals surface area contributed by atoms with Crippen LogP contribution in [0.1, 0.15) is 47.4 Å². The highest BCUT2D eigenvalue weighted by Gasteiger charge is 2.32. The first kappa shape index (κ1) is 22.3. The lowest BCUT2D eigenvalue weighted by Crippen LogP contribution is -2.18. The number of carbonyl (C=O) groups excluding carboxylic acids is 1. The molecule has 2 aromatic heterocycles. The molecule has 1 saturated heterocycles. The van der Waals surface area contributed by atoms with Gasteiger partial charge in [-0.05, 0) is 74.2 Å². The van der Waals surface area contributed by atoms with E-state index in [1.54, 1.807) is 18.6 Å². The number of benzene rings is 2. The predicted molar refractivity (Wildman–Crippen MR) is 139 cm³/mol. The normalized spacial score (nSPS) is 15.6. The van der Waals surface area contributed by atoms with Crippen LogP contribution in [0.15, 0.2) is 61.1 Å². The van der Waals surface area contributed by atoms with Gasteiger partial charge in [0, 0.05) is 47.7 Å². The number of fused-ring (bicyclic) bond motifs is 1. The summed E-state index contributed by atoms with van der Waals surface area (Å²) in [5.74, 6) is 0.362. The number of Topliss-reactive ketones (excluding diaryl/α,β-unsaturated/α-hetero) is 1. The summed E-state index contributed by atoms with van der Waals surface area (Å²) in [5.41, 5.74) is 6.12. The molecule has 4 aromatic rings. The van der Waals surface area contributed by atoms with Gasteiger partial charge in [-0.3, -0.25) is 14.7 Å². The molecule has 2 fully saturated rings. The number of ketones is 1. The average molecular weight is 475 g/mol. The Balaban J connectivity index is 1.37. The molecule has 0 bridgehead atoms. The molecule has 1 N–H and O–H groups in total.